The molecule has 0 aliphatic rings. The summed E-state index contributed by atoms with van der Waals surface area (Å²) in [6, 6.07) is 5.93. The zero-order valence-electron chi connectivity index (χ0n) is 9.95. The fourth-order valence-corrected chi connectivity index (χ4v) is 1.76. The van der Waals surface area contributed by atoms with Gasteiger partial charge in [-0.05, 0) is 18.2 Å². The first-order valence-corrected chi connectivity index (χ1v) is 5.60. The summed E-state index contributed by atoms with van der Waals surface area (Å²) in [6.07, 6.45) is 0. The van der Waals surface area contributed by atoms with E-state index in [0.29, 0.717) is 22.9 Å². The molecule has 0 bridgehead atoms. The predicted molar refractivity (Wildman–Crippen MR) is 68.0 cm³/mol. The molecular formula is C13H8F3N3O. The lowest BCUT2D eigenvalue weighted by molar-refractivity contribution is 0.497. The summed E-state index contributed by atoms with van der Waals surface area (Å²) in [5, 5.41) is 2.39. The van der Waals surface area contributed by atoms with Crippen LogP contribution in [-0.4, -0.2) is 4.98 Å². The molecule has 0 spiro atoms. The molecule has 7 heteroatoms. The summed E-state index contributed by atoms with van der Waals surface area (Å²) in [4.78, 5) is 4.00. The number of benzene rings is 2. The van der Waals surface area contributed by atoms with E-state index in [4.69, 9.17) is 10.2 Å². The van der Waals surface area contributed by atoms with Crippen molar-refractivity contribution in [2.24, 2.45) is 0 Å². The van der Waals surface area contributed by atoms with E-state index < -0.39 is 23.1 Å². The Bertz CT molecular complexity index is 801. The Labute approximate surface area is 111 Å². The number of fused-ring (bicyclic) bond motifs is 1. The average molecular weight is 279 g/mol. The van der Waals surface area contributed by atoms with Crippen molar-refractivity contribution in [1.82, 2.24) is 4.98 Å². The lowest BCUT2D eigenvalue weighted by Gasteiger charge is -2.04. The molecule has 1 heterocycles. The normalized spacial score (nSPS) is 10.9. The second-order valence-corrected chi connectivity index (χ2v) is 4.12. The minimum Gasteiger partial charge on any atom is -0.423 e. The lowest BCUT2D eigenvalue weighted by atomic mass is 10.3. The van der Waals surface area contributed by atoms with Crippen molar-refractivity contribution in [1.29, 1.82) is 0 Å². The number of halogens is 3. The van der Waals surface area contributed by atoms with Gasteiger partial charge >= 0.3 is 0 Å². The van der Waals surface area contributed by atoms with Crippen LogP contribution < -0.4 is 11.1 Å². The van der Waals surface area contributed by atoms with E-state index in [-0.39, 0.29) is 6.01 Å². The van der Waals surface area contributed by atoms with E-state index in [9.17, 15) is 13.2 Å². The van der Waals surface area contributed by atoms with Gasteiger partial charge in [-0.1, -0.05) is 0 Å². The minimum absolute atomic E-state index is 0.0884. The van der Waals surface area contributed by atoms with Crippen LogP contribution in [0.2, 0.25) is 0 Å². The molecule has 3 N–H and O–H groups in total. The molecule has 1 aromatic heterocycles. The number of nitrogen functional groups attached to an aromatic ring is 1. The van der Waals surface area contributed by atoms with Crippen molar-refractivity contribution in [2.75, 3.05) is 11.1 Å². The lowest BCUT2D eigenvalue weighted by Crippen LogP contribution is -1.98. The van der Waals surface area contributed by atoms with Crippen molar-refractivity contribution in [2.45, 2.75) is 0 Å². The Kier molecular flexibility index (Phi) is 2.74. The molecule has 3 rings (SSSR count). The summed E-state index contributed by atoms with van der Waals surface area (Å²) in [5.41, 5.74) is 6.54. The zero-order chi connectivity index (χ0) is 14.3. The van der Waals surface area contributed by atoms with Gasteiger partial charge in [0.15, 0.2) is 17.2 Å². The molecule has 20 heavy (non-hydrogen) atoms. The molecule has 0 radical (unpaired) electrons. The maximum absolute atomic E-state index is 13.5. The van der Waals surface area contributed by atoms with Crippen LogP contribution in [0.5, 0.6) is 0 Å². The first-order valence-electron chi connectivity index (χ1n) is 5.60. The summed E-state index contributed by atoms with van der Waals surface area (Å²) in [5.74, 6) is -3.42. The monoisotopic (exact) mass is 279 g/mol. The quantitative estimate of drug-likeness (QED) is 0.556. The number of rotatable bonds is 2. The largest absolute Gasteiger partial charge is 0.423 e. The van der Waals surface area contributed by atoms with Crippen LogP contribution in [0.1, 0.15) is 0 Å². The van der Waals surface area contributed by atoms with Gasteiger partial charge in [0.1, 0.15) is 11.3 Å². The van der Waals surface area contributed by atoms with Gasteiger partial charge in [0, 0.05) is 17.8 Å². The molecule has 4 nitrogen and oxygen atoms in total. The Morgan fingerprint density at radius 2 is 1.90 bits per heavy atom. The Balaban J connectivity index is 2.01. The molecule has 0 aliphatic heterocycles. The SMILES string of the molecule is Nc1ccc2oc(Nc3cc(F)cc(F)c3F)nc2c1. The van der Waals surface area contributed by atoms with Crippen molar-refractivity contribution >= 4 is 28.5 Å². The van der Waals surface area contributed by atoms with Gasteiger partial charge in [-0.15, -0.1) is 0 Å². The summed E-state index contributed by atoms with van der Waals surface area (Å²) in [6.45, 7) is 0. The molecular weight excluding hydrogens is 271 g/mol. The molecule has 0 atom stereocenters. The van der Waals surface area contributed by atoms with Crippen LogP contribution in [0.3, 0.4) is 0 Å². The Hall–Kier alpha value is -2.70. The zero-order valence-corrected chi connectivity index (χ0v) is 9.95. The van der Waals surface area contributed by atoms with Crippen molar-refractivity contribution in [3.8, 4) is 0 Å². The van der Waals surface area contributed by atoms with Gasteiger partial charge in [-0.2, -0.15) is 4.98 Å². The van der Waals surface area contributed by atoms with Crippen molar-refractivity contribution in [3.63, 3.8) is 0 Å². The van der Waals surface area contributed by atoms with Gasteiger partial charge < -0.3 is 15.5 Å². The van der Waals surface area contributed by atoms with Crippen LogP contribution in [0.4, 0.5) is 30.6 Å². The fraction of sp³-hybridized carbons (Fsp3) is 0. The first kappa shape index (κ1) is 12.3. The number of hydrogen-bond acceptors (Lipinski definition) is 4. The molecule has 3 aromatic rings. The highest BCUT2D eigenvalue weighted by Crippen LogP contribution is 2.26. The second kappa shape index (κ2) is 4.44. The third kappa shape index (κ3) is 2.13. The van der Waals surface area contributed by atoms with Gasteiger partial charge in [0.05, 0.1) is 5.69 Å². The second-order valence-electron chi connectivity index (χ2n) is 4.12. The topological polar surface area (TPSA) is 64.1 Å². The highest BCUT2D eigenvalue weighted by Gasteiger charge is 2.14. The molecule has 0 unspecified atom stereocenters. The predicted octanol–water partition coefficient (Wildman–Crippen LogP) is 3.57. The first-order chi connectivity index (χ1) is 9.52. The van der Waals surface area contributed by atoms with Crippen LogP contribution in [0.15, 0.2) is 34.7 Å². The number of aromatic nitrogens is 1. The van der Waals surface area contributed by atoms with Crippen LogP contribution in [-0.2, 0) is 0 Å². The molecule has 0 saturated carbocycles. The number of oxazole rings is 1. The van der Waals surface area contributed by atoms with Gasteiger partial charge in [0.25, 0.3) is 6.01 Å². The number of hydrogen-bond donors (Lipinski definition) is 2. The van der Waals surface area contributed by atoms with Crippen LogP contribution in [0.25, 0.3) is 11.1 Å². The average Bonchev–Trinajstić information content (AvgIpc) is 2.76. The highest BCUT2D eigenvalue weighted by atomic mass is 19.2. The van der Waals surface area contributed by atoms with E-state index in [1.807, 2.05) is 0 Å². The summed E-state index contributed by atoms with van der Waals surface area (Å²) < 4.78 is 44.9. The molecule has 102 valence electrons. The number of anilines is 3. The molecule has 0 fully saturated rings. The number of nitrogens with zero attached hydrogens (tertiary/aromatic N) is 1. The van der Waals surface area contributed by atoms with E-state index >= 15 is 0 Å². The molecule has 0 aliphatic carbocycles. The number of nitrogens with two attached hydrogens (primary N) is 1. The molecule has 2 aromatic carbocycles. The van der Waals surface area contributed by atoms with E-state index in [0.717, 1.165) is 6.07 Å². The van der Waals surface area contributed by atoms with E-state index in [2.05, 4.69) is 10.3 Å². The number of nitrogens with one attached hydrogen (secondary N) is 1. The van der Waals surface area contributed by atoms with Crippen molar-refractivity contribution in [3.05, 3.63) is 47.8 Å². The standard InChI is InChI=1S/C13H8F3N3O/c14-6-3-8(15)12(16)10(4-6)19-13-18-9-5-7(17)1-2-11(9)20-13/h1-5H,17H2,(H,18,19). The maximum atomic E-state index is 13.5. The fourth-order valence-electron chi connectivity index (χ4n) is 1.76. The highest BCUT2D eigenvalue weighted by molar-refractivity contribution is 5.78. The van der Waals surface area contributed by atoms with E-state index in [1.54, 1.807) is 18.2 Å². The van der Waals surface area contributed by atoms with Gasteiger partial charge in [-0.3, -0.25) is 0 Å². The third-order valence-corrected chi connectivity index (χ3v) is 2.65. The summed E-state index contributed by atoms with van der Waals surface area (Å²) >= 11 is 0. The van der Waals surface area contributed by atoms with Gasteiger partial charge in [0.2, 0.25) is 0 Å². The third-order valence-electron chi connectivity index (χ3n) is 2.65. The van der Waals surface area contributed by atoms with Crippen molar-refractivity contribution < 1.29 is 17.6 Å². The van der Waals surface area contributed by atoms with Crippen LogP contribution >= 0.6 is 0 Å². The molecule has 0 amide bonds. The Morgan fingerprint density at radius 3 is 2.70 bits per heavy atom. The molecule has 0 saturated heterocycles. The maximum Gasteiger partial charge on any atom is 0.300 e. The van der Waals surface area contributed by atoms with E-state index in [1.165, 1.54) is 0 Å². The summed E-state index contributed by atoms with van der Waals surface area (Å²) in [7, 11) is 0. The van der Waals surface area contributed by atoms with Gasteiger partial charge in [-0.25, -0.2) is 13.2 Å². The minimum atomic E-state index is -1.30. The van der Waals surface area contributed by atoms with Crippen LogP contribution in [0, 0.1) is 17.5 Å². The smallest absolute Gasteiger partial charge is 0.300 e. The Morgan fingerprint density at radius 1 is 1.10 bits per heavy atom.